The first-order chi connectivity index (χ1) is 15.1. The molecule has 7 heteroatoms. The van der Waals surface area contributed by atoms with Gasteiger partial charge >= 0.3 is 0 Å². The van der Waals surface area contributed by atoms with Crippen LogP contribution >= 0.6 is 0 Å². The van der Waals surface area contributed by atoms with Gasteiger partial charge in [0.25, 0.3) is 5.91 Å². The van der Waals surface area contributed by atoms with Crippen LogP contribution in [0, 0.1) is 0 Å². The van der Waals surface area contributed by atoms with Gasteiger partial charge in [-0.1, -0.05) is 42.5 Å². The zero-order valence-corrected chi connectivity index (χ0v) is 17.7. The zero-order valence-electron chi connectivity index (χ0n) is 17.7. The molecule has 0 unspecified atom stereocenters. The summed E-state index contributed by atoms with van der Waals surface area (Å²) in [6, 6.07) is 16.9. The lowest BCUT2D eigenvalue weighted by Gasteiger charge is -2.40. The second kappa shape index (κ2) is 9.49. The third kappa shape index (κ3) is 4.73. The molecule has 0 bridgehead atoms. The molecular formula is C24H29N3O4. The Hall–Kier alpha value is -2.90. The molecule has 0 aromatic heterocycles. The number of nitrogens with zero attached hydrogens (tertiary/aromatic N) is 1. The first-order valence-electron chi connectivity index (χ1n) is 10.8. The molecule has 4 rings (SSSR count). The Morgan fingerprint density at radius 2 is 1.84 bits per heavy atom. The van der Waals surface area contributed by atoms with E-state index in [0.717, 1.165) is 16.8 Å². The average Bonchev–Trinajstić information content (AvgIpc) is 3.26. The van der Waals surface area contributed by atoms with Crippen molar-refractivity contribution in [1.29, 1.82) is 0 Å². The summed E-state index contributed by atoms with van der Waals surface area (Å²) in [5, 5.41) is 16.3. The van der Waals surface area contributed by atoms with E-state index in [-0.39, 0.29) is 30.4 Å². The quantitative estimate of drug-likeness (QED) is 0.634. The number of carbonyl (C=O) groups excluding carboxylic acids is 2. The van der Waals surface area contributed by atoms with Crippen molar-refractivity contribution in [3.05, 3.63) is 65.7 Å². The molecule has 0 spiro atoms. The van der Waals surface area contributed by atoms with E-state index < -0.39 is 12.1 Å². The van der Waals surface area contributed by atoms with Gasteiger partial charge in [0.2, 0.25) is 5.91 Å². The average molecular weight is 424 g/mol. The Kier molecular flexibility index (Phi) is 6.53. The first-order valence-corrected chi connectivity index (χ1v) is 10.8. The summed E-state index contributed by atoms with van der Waals surface area (Å²) in [5.41, 5.74) is 3.02. The maximum Gasteiger partial charge on any atom is 0.252 e. The van der Waals surface area contributed by atoms with Crippen molar-refractivity contribution in [3.63, 3.8) is 0 Å². The molecule has 2 amide bonds. The fourth-order valence-electron chi connectivity index (χ4n) is 4.48. The molecule has 2 aliphatic heterocycles. The van der Waals surface area contributed by atoms with Crippen LogP contribution in [0.1, 0.15) is 30.4 Å². The van der Waals surface area contributed by atoms with Crippen molar-refractivity contribution in [2.24, 2.45) is 0 Å². The van der Waals surface area contributed by atoms with Crippen LogP contribution in [0.5, 0.6) is 0 Å². The summed E-state index contributed by atoms with van der Waals surface area (Å²) < 4.78 is 6.09. The van der Waals surface area contributed by atoms with Crippen molar-refractivity contribution in [3.8, 4) is 0 Å². The minimum Gasteiger partial charge on any atom is -0.388 e. The van der Waals surface area contributed by atoms with Crippen LogP contribution in [-0.4, -0.2) is 53.2 Å². The lowest BCUT2D eigenvalue weighted by molar-refractivity contribution is -0.162. The fourth-order valence-corrected chi connectivity index (χ4v) is 4.48. The number of nitrogens with one attached hydrogen (secondary N) is 2. The van der Waals surface area contributed by atoms with Crippen LogP contribution in [0.2, 0.25) is 0 Å². The van der Waals surface area contributed by atoms with Gasteiger partial charge in [-0.25, -0.2) is 0 Å². The highest BCUT2D eigenvalue weighted by Gasteiger charge is 2.50. The molecule has 2 aliphatic rings. The normalized spacial score (nSPS) is 25.2. The van der Waals surface area contributed by atoms with Crippen LogP contribution in [0.3, 0.4) is 0 Å². The van der Waals surface area contributed by atoms with Gasteiger partial charge in [0.1, 0.15) is 12.1 Å². The number of rotatable bonds is 7. The van der Waals surface area contributed by atoms with E-state index in [1.807, 2.05) is 61.6 Å². The summed E-state index contributed by atoms with van der Waals surface area (Å²) in [7, 11) is 1.86. The van der Waals surface area contributed by atoms with Gasteiger partial charge in [-0.2, -0.15) is 0 Å². The van der Waals surface area contributed by atoms with Gasteiger partial charge in [0.15, 0.2) is 0 Å². The molecule has 164 valence electrons. The van der Waals surface area contributed by atoms with E-state index in [0.29, 0.717) is 26.0 Å². The number of anilines is 1. The molecule has 3 N–H and O–H groups in total. The molecular weight excluding hydrogens is 394 g/mol. The minimum absolute atomic E-state index is 0.190. The Morgan fingerprint density at radius 1 is 1.10 bits per heavy atom. The fraction of sp³-hybridized carbons (Fsp3) is 0.417. The maximum atomic E-state index is 12.9. The van der Waals surface area contributed by atoms with Crippen LogP contribution < -0.4 is 10.6 Å². The predicted molar refractivity (Wildman–Crippen MR) is 117 cm³/mol. The van der Waals surface area contributed by atoms with Crippen molar-refractivity contribution in [2.75, 3.05) is 12.4 Å². The topological polar surface area (TPSA) is 90.9 Å². The molecule has 0 radical (unpaired) electrons. The monoisotopic (exact) mass is 423 g/mol. The highest BCUT2D eigenvalue weighted by Crippen LogP contribution is 2.35. The Morgan fingerprint density at radius 3 is 2.55 bits per heavy atom. The van der Waals surface area contributed by atoms with Crippen LogP contribution in [0.4, 0.5) is 5.69 Å². The number of hydrogen-bond acceptors (Lipinski definition) is 5. The number of benzene rings is 2. The number of aliphatic hydroxyl groups is 1. The minimum atomic E-state index is -1.14. The third-order valence-electron chi connectivity index (χ3n) is 6.17. The molecule has 31 heavy (non-hydrogen) atoms. The van der Waals surface area contributed by atoms with Crippen molar-refractivity contribution in [1.82, 2.24) is 10.2 Å². The highest BCUT2D eigenvalue weighted by molar-refractivity contribution is 5.90. The molecule has 2 aromatic rings. The molecule has 0 aliphatic carbocycles. The number of fused-ring (bicyclic) bond motifs is 1. The van der Waals surface area contributed by atoms with Crippen molar-refractivity contribution < 1.29 is 19.4 Å². The summed E-state index contributed by atoms with van der Waals surface area (Å²) in [4.78, 5) is 27.2. The number of piperidine rings is 1. The van der Waals surface area contributed by atoms with Gasteiger partial charge in [0.05, 0.1) is 18.8 Å². The van der Waals surface area contributed by atoms with Crippen LogP contribution in [0.25, 0.3) is 0 Å². The van der Waals surface area contributed by atoms with Crippen molar-refractivity contribution >= 4 is 17.5 Å². The lowest BCUT2D eigenvalue weighted by Crippen LogP contribution is -2.59. The summed E-state index contributed by atoms with van der Waals surface area (Å²) in [6.45, 7) is 0.804. The summed E-state index contributed by atoms with van der Waals surface area (Å²) in [5.74, 6) is -0.565. The Bertz CT molecular complexity index is 903. The Balaban J connectivity index is 1.39. The second-order valence-corrected chi connectivity index (χ2v) is 8.16. The van der Waals surface area contributed by atoms with E-state index >= 15 is 0 Å². The molecule has 2 fully saturated rings. The number of amides is 2. The third-order valence-corrected chi connectivity index (χ3v) is 6.17. The summed E-state index contributed by atoms with van der Waals surface area (Å²) in [6.07, 6.45) is 0.0874. The van der Waals surface area contributed by atoms with Gasteiger partial charge < -0.3 is 25.4 Å². The Labute approximate surface area is 182 Å². The van der Waals surface area contributed by atoms with Gasteiger partial charge in [-0.3, -0.25) is 9.59 Å². The highest BCUT2D eigenvalue weighted by atomic mass is 16.5. The van der Waals surface area contributed by atoms with Gasteiger partial charge in [0, 0.05) is 25.7 Å². The molecule has 0 saturated carbocycles. The van der Waals surface area contributed by atoms with Crippen molar-refractivity contribution in [2.45, 2.75) is 56.7 Å². The number of aliphatic hydroxyl groups excluding tert-OH is 1. The van der Waals surface area contributed by atoms with Crippen LogP contribution in [0.15, 0.2) is 54.6 Å². The molecule has 4 atom stereocenters. The predicted octanol–water partition coefficient (Wildman–Crippen LogP) is 2.05. The van der Waals surface area contributed by atoms with Crippen LogP contribution in [-0.2, 0) is 27.5 Å². The van der Waals surface area contributed by atoms with Gasteiger partial charge in [-0.05, 0) is 36.1 Å². The smallest absolute Gasteiger partial charge is 0.252 e. The summed E-state index contributed by atoms with van der Waals surface area (Å²) >= 11 is 0. The van der Waals surface area contributed by atoms with E-state index in [2.05, 4.69) is 10.6 Å². The van der Waals surface area contributed by atoms with E-state index in [9.17, 15) is 14.7 Å². The maximum absolute atomic E-state index is 12.9. The number of carbonyl (C=O) groups is 2. The van der Waals surface area contributed by atoms with E-state index in [4.69, 9.17) is 4.74 Å². The van der Waals surface area contributed by atoms with E-state index in [1.54, 1.807) is 4.90 Å². The number of hydrogen-bond donors (Lipinski definition) is 3. The SMILES string of the molecule is CNc1ccc(CNC(=O)[C@@H]2CC[C@H]3[C@@H](OCc4ccccc4)C[C@H](O)C(=O)N23)cc1. The molecule has 2 aromatic carbocycles. The lowest BCUT2D eigenvalue weighted by atomic mass is 9.96. The van der Waals surface area contributed by atoms with Gasteiger partial charge in [-0.15, -0.1) is 0 Å². The standard InChI is InChI=1S/C24H29N3O4/c1-25-18-9-7-16(8-10-18)14-26-23(29)20-12-11-19-22(13-21(28)24(30)27(19)20)31-15-17-5-3-2-4-6-17/h2-10,19-22,25,28H,11-15H2,1H3,(H,26,29)/t19-,20-,21-,22-/m0/s1. The molecule has 2 saturated heterocycles. The molecule has 2 heterocycles. The largest absolute Gasteiger partial charge is 0.388 e. The van der Waals surface area contributed by atoms with E-state index in [1.165, 1.54) is 0 Å². The number of ether oxygens (including phenoxy) is 1. The first kappa shape index (κ1) is 21.3. The zero-order chi connectivity index (χ0) is 21.8. The second-order valence-electron chi connectivity index (χ2n) is 8.16. The molecule has 7 nitrogen and oxygen atoms in total.